The number of benzene rings is 4. The van der Waals surface area contributed by atoms with Crippen molar-refractivity contribution in [2.75, 3.05) is 9.80 Å². The number of aliphatic carboxylic acids is 1. The van der Waals surface area contributed by atoms with Crippen molar-refractivity contribution < 1.29 is 29.0 Å². The SMILES string of the molecule is Cc1cc(C(=O)N2Cc3cnn(C)c3Cc3ccccc32)ccc1/C=C/C(=O)O.Cc1cc(C(=O)N2Cc3cnn(C)c3Cc3ccccc32)ccc1/C=C/C(=O)OC(C)(C)C. The fraction of sp³-hybridized carbons (Fsp3) is 0.240. The lowest BCUT2D eigenvalue weighted by Crippen LogP contribution is -2.30. The van der Waals surface area contributed by atoms with E-state index in [4.69, 9.17) is 9.84 Å². The summed E-state index contributed by atoms with van der Waals surface area (Å²) < 4.78 is 9.08. The summed E-state index contributed by atoms with van der Waals surface area (Å²) in [7, 11) is 3.86. The first kappa shape index (κ1) is 42.8. The van der Waals surface area contributed by atoms with Gasteiger partial charge in [-0.15, -0.1) is 0 Å². The molecule has 2 aliphatic heterocycles. The first-order chi connectivity index (χ1) is 29.6. The number of carboxylic acids is 1. The second-order valence-electron chi connectivity index (χ2n) is 16.6. The van der Waals surface area contributed by atoms with Crippen molar-refractivity contribution in [3.63, 3.8) is 0 Å². The molecule has 12 heteroatoms. The molecule has 0 saturated heterocycles. The topological polar surface area (TPSA) is 140 Å². The van der Waals surface area contributed by atoms with Crippen molar-refractivity contribution >= 4 is 47.3 Å². The molecule has 0 radical (unpaired) electrons. The maximum Gasteiger partial charge on any atom is 0.331 e. The number of carbonyl (C=O) groups excluding carboxylic acids is 3. The van der Waals surface area contributed by atoms with Crippen LogP contribution in [0.3, 0.4) is 0 Å². The Morgan fingerprint density at radius 1 is 0.629 bits per heavy atom. The van der Waals surface area contributed by atoms with Gasteiger partial charge in [0.05, 0.1) is 25.5 Å². The van der Waals surface area contributed by atoms with E-state index in [0.717, 1.165) is 86.2 Å². The molecule has 0 spiro atoms. The van der Waals surface area contributed by atoms with Crippen LogP contribution in [0.25, 0.3) is 12.2 Å². The van der Waals surface area contributed by atoms with Gasteiger partial charge in [0.25, 0.3) is 11.8 Å². The standard InChI is InChI=1S/C27H29N3O3.C23H21N3O3/c1-18-14-21(11-10-19(18)12-13-25(31)33-27(2,3)4)26(32)30-17-22-16-28-29(5)24(22)15-20-8-6-7-9-23(20)30;1-15-11-18(8-7-16(15)9-10-22(27)28)23(29)26-14-19-13-24-25(2)21(19)12-17-5-3-4-6-20(17)26/h6-14,16H,15,17H2,1-5H3;3-11,13H,12,14H2,1-2H3,(H,27,28)/b13-12+;10-9+. The Morgan fingerprint density at radius 2 is 1.06 bits per heavy atom. The lowest BCUT2D eigenvalue weighted by molar-refractivity contribution is -0.148. The monoisotopic (exact) mass is 830 g/mol. The van der Waals surface area contributed by atoms with Crippen LogP contribution in [0.4, 0.5) is 11.4 Å². The number of hydrogen-bond acceptors (Lipinski definition) is 7. The second-order valence-corrected chi connectivity index (χ2v) is 16.6. The molecule has 62 heavy (non-hydrogen) atoms. The Balaban J connectivity index is 0.000000188. The van der Waals surface area contributed by atoms with E-state index < -0.39 is 17.5 Å². The van der Waals surface area contributed by atoms with Gasteiger partial charge in [-0.1, -0.05) is 48.5 Å². The van der Waals surface area contributed by atoms with Crippen LogP contribution in [-0.4, -0.2) is 54.0 Å². The highest BCUT2D eigenvalue weighted by molar-refractivity contribution is 6.08. The number of carboxylic acid groups (broad SMARTS) is 1. The molecule has 0 unspecified atom stereocenters. The minimum Gasteiger partial charge on any atom is -0.478 e. The molecule has 4 aromatic carbocycles. The first-order valence-electron chi connectivity index (χ1n) is 20.4. The van der Waals surface area contributed by atoms with E-state index in [9.17, 15) is 19.2 Å². The summed E-state index contributed by atoms with van der Waals surface area (Å²) in [6.07, 6.45) is 10.9. The van der Waals surface area contributed by atoms with Crippen molar-refractivity contribution in [1.82, 2.24) is 19.6 Å². The van der Waals surface area contributed by atoms with Gasteiger partial charge in [-0.3, -0.25) is 19.0 Å². The molecule has 2 amide bonds. The van der Waals surface area contributed by atoms with Crippen molar-refractivity contribution in [2.45, 2.75) is 66.2 Å². The van der Waals surface area contributed by atoms with Crippen molar-refractivity contribution in [2.24, 2.45) is 14.1 Å². The molecule has 0 aliphatic carbocycles. The fourth-order valence-electron chi connectivity index (χ4n) is 7.78. The average molecular weight is 831 g/mol. The maximum atomic E-state index is 13.6. The van der Waals surface area contributed by atoms with E-state index in [0.29, 0.717) is 24.2 Å². The Bertz CT molecular complexity index is 2770. The third-order valence-electron chi connectivity index (χ3n) is 11.0. The van der Waals surface area contributed by atoms with E-state index in [1.165, 1.54) is 12.2 Å². The zero-order valence-electron chi connectivity index (χ0n) is 36.0. The van der Waals surface area contributed by atoms with Crippen LogP contribution in [0.1, 0.15) is 97.4 Å². The highest BCUT2D eigenvalue weighted by Crippen LogP contribution is 2.33. The zero-order chi connectivity index (χ0) is 44.3. The summed E-state index contributed by atoms with van der Waals surface area (Å²) in [5, 5.41) is 17.6. The molecule has 0 bridgehead atoms. The Hall–Kier alpha value is -7.34. The molecule has 12 nitrogen and oxygen atoms in total. The molecular formula is C50H50N6O6. The second kappa shape index (κ2) is 17.7. The van der Waals surface area contributed by atoms with Crippen molar-refractivity contribution in [1.29, 1.82) is 0 Å². The van der Waals surface area contributed by atoms with Crippen LogP contribution in [0, 0.1) is 13.8 Å². The van der Waals surface area contributed by atoms with Gasteiger partial charge >= 0.3 is 11.9 Å². The van der Waals surface area contributed by atoms with Crippen LogP contribution in [-0.2, 0) is 54.4 Å². The molecule has 0 saturated carbocycles. The average Bonchev–Trinajstić information content (AvgIpc) is 3.62. The van der Waals surface area contributed by atoms with Crippen LogP contribution >= 0.6 is 0 Å². The minimum atomic E-state index is -1.00. The van der Waals surface area contributed by atoms with Gasteiger partial charge in [-0.05, 0) is 117 Å². The number of amides is 2. The number of aryl methyl sites for hydroxylation is 4. The van der Waals surface area contributed by atoms with Crippen molar-refractivity contribution in [3.05, 3.63) is 176 Å². The van der Waals surface area contributed by atoms with Gasteiger partial charge in [-0.2, -0.15) is 10.2 Å². The highest BCUT2D eigenvalue weighted by atomic mass is 16.6. The summed E-state index contributed by atoms with van der Waals surface area (Å²) in [4.78, 5) is 53.5. The fourth-order valence-corrected chi connectivity index (χ4v) is 7.78. The Kier molecular flexibility index (Phi) is 12.2. The smallest absolute Gasteiger partial charge is 0.331 e. The number of nitrogens with zero attached hydrogens (tertiary/aromatic N) is 6. The van der Waals surface area contributed by atoms with Gasteiger partial charge in [0.2, 0.25) is 0 Å². The number of ether oxygens (including phenoxy) is 1. The number of rotatable bonds is 6. The first-order valence-corrected chi connectivity index (χ1v) is 20.4. The predicted octanol–water partition coefficient (Wildman–Crippen LogP) is 8.41. The van der Waals surface area contributed by atoms with Gasteiger partial charge < -0.3 is 19.6 Å². The molecule has 1 N–H and O–H groups in total. The van der Waals surface area contributed by atoms with Crippen LogP contribution in [0.5, 0.6) is 0 Å². The summed E-state index contributed by atoms with van der Waals surface area (Å²) in [5.74, 6) is -1.55. The quantitative estimate of drug-likeness (QED) is 0.130. The van der Waals surface area contributed by atoms with Crippen LogP contribution in [0.2, 0.25) is 0 Å². The van der Waals surface area contributed by atoms with Crippen LogP contribution < -0.4 is 9.80 Å². The third kappa shape index (κ3) is 9.49. The molecule has 6 aromatic rings. The largest absolute Gasteiger partial charge is 0.478 e. The molecular weight excluding hydrogens is 781 g/mol. The minimum absolute atomic E-state index is 0.0649. The molecule has 0 fully saturated rings. The number of esters is 1. The summed E-state index contributed by atoms with van der Waals surface area (Å²) in [5.41, 5.74) is 12.3. The summed E-state index contributed by atoms with van der Waals surface area (Å²) in [6.45, 7) is 10.2. The normalized spacial score (nSPS) is 13.3. The van der Waals surface area contributed by atoms with Gasteiger partial charge in [0.15, 0.2) is 0 Å². The lowest BCUT2D eigenvalue weighted by Gasteiger charge is -2.23. The number of para-hydroxylation sites is 2. The number of fused-ring (bicyclic) bond motifs is 4. The third-order valence-corrected chi connectivity index (χ3v) is 11.0. The van der Waals surface area contributed by atoms with Gasteiger partial charge in [-0.25, -0.2) is 9.59 Å². The zero-order valence-corrected chi connectivity index (χ0v) is 36.0. The highest BCUT2D eigenvalue weighted by Gasteiger charge is 2.28. The maximum absolute atomic E-state index is 13.6. The summed E-state index contributed by atoms with van der Waals surface area (Å²) >= 11 is 0. The molecule has 2 aromatic heterocycles. The van der Waals surface area contributed by atoms with Crippen LogP contribution in [0.15, 0.2) is 109 Å². The molecule has 4 heterocycles. The predicted molar refractivity (Wildman–Crippen MR) is 240 cm³/mol. The molecule has 8 rings (SSSR count). The Morgan fingerprint density at radius 3 is 1.48 bits per heavy atom. The lowest BCUT2D eigenvalue weighted by atomic mass is 10.0. The van der Waals surface area contributed by atoms with E-state index in [1.54, 1.807) is 23.1 Å². The summed E-state index contributed by atoms with van der Waals surface area (Å²) in [6, 6.07) is 26.8. The van der Waals surface area contributed by atoms with Gasteiger partial charge in [0, 0.05) is 84.1 Å². The number of carbonyl (C=O) groups is 4. The van der Waals surface area contributed by atoms with Gasteiger partial charge in [0.1, 0.15) is 5.60 Å². The van der Waals surface area contributed by atoms with Crippen molar-refractivity contribution in [3.8, 4) is 0 Å². The molecule has 0 atom stereocenters. The van der Waals surface area contributed by atoms with E-state index >= 15 is 0 Å². The molecule has 316 valence electrons. The number of anilines is 2. The van der Waals surface area contributed by atoms with E-state index in [-0.39, 0.29) is 11.8 Å². The Labute approximate surface area is 361 Å². The molecule has 2 aliphatic rings. The van der Waals surface area contributed by atoms with E-state index in [2.05, 4.69) is 16.3 Å². The van der Waals surface area contributed by atoms with E-state index in [1.807, 2.05) is 142 Å². The number of aromatic nitrogens is 4. The number of hydrogen-bond donors (Lipinski definition) is 1.